The number of rotatable bonds is 5. The van der Waals surface area contributed by atoms with Gasteiger partial charge in [-0.05, 0) is 39.3 Å². The Bertz CT molecular complexity index is 461. The molecule has 100 valence electrons. The lowest BCUT2D eigenvalue weighted by Crippen LogP contribution is -2.31. The van der Waals surface area contributed by atoms with Crippen molar-refractivity contribution in [3.63, 3.8) is 0 Å². The van der Waals surface area contributed by atoms with Crippen LogP contribution in [0.3, 0.4) is 0 Å². The molecule has 1 heterocycles. The minimum atomic E-state index is -0.954. The second-order valence-corrected chi connectivity index (χ2v) is 4.75. The van der Waals surface area contributed by atoms with E-state index in [0.29, 0.717) is 6.54 Å². The number of hydrogen-bond acceptors (Lipinski definition) is 2. The van der Waals surface area contributed by atoms with Crippen molar-refractivity contribution in [1.82, 2.24) is 9.88 Å². The first-order valence-electron chi connectivity index (χ1n) is 6.02. The van der Waals surface area contributed by atoms with Gasteiger partial charge in [0.1, 0.15) is 5.69 Å². The lowest BCUT2D eigenvalue weighted by molar-refractivity contribution is -0.121. The standard InChI is InChI=1S/C13H20N2O3/c1-8(2)14-11(16)5-6-15-10(4)7-9(3)12(15)13(17)18/h7-8H,5-6H2,1-4H3,(H,14,16)(H,17,18). The van der Waals surface area contributed by atoms with E-state index < -0.39 is 5.97 Å². The Morgan fingerprint density at radius 2 is 2.00 bits per heavy atom. The third-order valence-corrected chi connectivity index (χ3v) is 2.71. The van der Waals surface area contributed by atoms with Crippen LogP contribution in [0.15, 0.2) is 6.07 Å². The Kier molecular flexibility index (Phi) is 4.53. The molecule has 0 atom stereocenters. The van der Waals surface area contributed by atoms with Gasteiger partial charge < -0.3 is 15.0 Å². The van der Waals surface area contributed by atoms with Gasteiger partial charge in [0.25, 0.3) is 0 Å². The van der Waals surface area contributed by atoms with Crippen molar-refractivity contribution in [3.05, 3.63) is 23.0 Å². The second-order valence-electron chi connectivity index (χ2n) is 4.75. The van der Waals surface area contributed by atoms with E-state index in [0.717, 1.165) is 11.3 Å². The van der Waals surface area contributed by atoms with Gasteiger partial charge in [0.2, 0.25) is 5.91 Å². The number of nitrogens with one attached hydrogen (secondary N) is 1. The number of aromatic nitrogens is 1. The zero-order chi connectivity index (χ0) is 13.9. The number of amides is 1. The zero-order valence-electron chi connectivity index (χ0n) is 11.3. The molecule has 0 radical (unpaired) electrons. The molecule has 0 spiro atoms. The molecule has 0 fully saturated rings. The highest BCUT2D eigenvalue weighted by Crippen LogP contribution is 2.15. The number of hydrogen-bond donors (Lipinski definition) is 2. The molecule has 1 aromatic heterocycles. The Labute approximate surface area is 107 Å². The Hall–Kier alpha value is -1.78. The number of aryl methyl sites for hydroxylation is 2. The molecule has 0 saturated carbocycles. The van der Waals surface area contributed by atoms with Crippen molar-refractivity contribution >= 4 is 11.9 Å². The van der Waals surface area contributed by atoms with Crippen molar-refractivity contribution in [2.75, 3.05) is 0 Å². The average Bonchev–Trinajstić information content (AvgIpc) is 2.49. The molecule has 1 aromatic rings. The van der Waals surface area contributed by atoms with Crippen molar-refractivity contribution in [2.45, 2.75) is 46.7 Å². The van der Waals surface area contributed by atoms with E-state index in [1.165, 1.54) is 0 Å². The predicted molar refractivity (Wildman–Crippen MR) is 68.8 cm³/mol. The maximum Gasteiger partial charge on any atom is 0.352 e. The molecule has 0 aliphatic heterocycles. The van der Waals surface area contributed by atoms with Crippen LogP contribution >= 0.6 is 0 Å². The zero-order valence-corrected chi connectivity index (χ0v) is 11.3. The van der Waals surface area contributed by atoms with Crippen LogP contribution in [0.25, 0.3) is 0 Å². The van der Waals surface area contributed by atoms with E-state index in [-0.39, 0.29) is 24.1 Å². The van der Waals surface area contributed by atoms with Crippen LogP contribution in [0.1, 0.15) is 42.0 Å². The van der Waals surface area contributed by atoms with Crippen LogP contribution in [0, 0.1) is 13.8 Å². The summed E-state index contributed by atoms with van der Waals surface area (Å²) in [6.07, 6.45) is 0.285. The maximum absolute atomic E-state index is 11.6. The van der Waals surface area contributed by atoms with Gasteiger partial charge in [-0.1, -0.05) is 0 Å². The summed E-state index contributed by atoms with van der Waals surface area (Å²) in [5, 5.41) is 11.9. The summed E-state index contributed by atoms with van der Waals surface area (Å²) in [6.45, 7) is 7.79. The van der Waals surface area contributed by atoms with E-state index in [2.05, 4.69) is 5.32 Å². The van der Waals surface area contributed by atoms with E-state index in [4.69, 9.17) is 5.11 Å². The van der Waals surface area contributed by atoms with E-state index in [1.54, 1.807) is 11.5 Å². The summed E-state index contributed by atoms with van der Waals surface area (Å²) in [6, 6.07) is 1.92. The molecule has 5 nitrogen and oxygen atoms in total. The summed E-state index contributed by atoms with van der Waals surface area (Å²) < 4.78 is 1.68. The molecule has 0 unspecified atom stereocenters. The molecule has 1 amide bonds. The number of aromatic carboxylic acids is 1. The van der Waals surface area contributed by atoms with Gasteiger partial charge in [-0.15, -0.1) is 0 Å². The SMILES string of the molecule is Cc1cc(C)n(CCC(=O)NC(C)C)c1C(=O)O. The fourth-order valence-electron chi connectivity index (χ4n) is 2.03. The number of carboxylic acids is 1. The van der Waals surface area contributed by atoms with Crippen molar-refractivity contribution in [2.24, 2.45) is 0 Å². The van der Waals surface area contributed by atoms with E-state index in [1.807, 2.05) is 26.8 Å². The molecule has 2 N–H and O–H groups in total. The first-order chi connectivity index (χ1) is 8.32. The summed E-state index contributed by atoms with van der Waals surface area (Å²) in [7, 11) is 0. The molecule has 0 bridgehead atoms. The summed E-state index contributed by atoms with van der Waals surface area (Å²) in [4.78, 5) is 22.7. The third-order valence-electron chi connectivity index (χ3n) is 2.71. The first-order valence-corrected chi connectivity index (χ1v) is 6.02. The van der Waals surface area contributed by atoms with Crippen molar-refractivity contribution < 1.29 is 14.7 Å². The Balaban J connectivity index is 2.79. The van der Waals surface area contributed by atoms with Gasteiger partial charge in [-0.25, -0.2) is 4.79 Å². The quantitative estimate of drug-likeness (QED) is 0.838. The molecule has 0 aromatic carbocycles. The van der Waals surface area contributed by atoms with Crippen molar-refractivity contribution in [1.29, 1.82) is 0 Å². The highest BCUT2D eigenvalue weighted by atomic mass is 16.4. The summed E-state index contributed by atoms with van der Waals surface area (Å²) in [5.74, 6) is -1.02. The topological polar surface area (TPSA) is 71.3 Å². The highest BCUT2D eigenvalue weighted by molar-refractivity contribution is 5.88. The van der Waals surface area contributed by atoms with Crippen LogP contribution < -0.4 is 5.32 Å². The lowest BCUT2D eigenvalue weighted by Gasteiger charge is -2.11. The number of nitrogens with zero attached hydrogens (tertiary/aromatic N) is 1. The van der Waals surface area contributed by atoms with E-state index >= 15 is 0 Å². The number of carboxylic acid groups (broad SMARTS) is 1. The lowest BCUT2D eigenvalue weighted by atomic mass is 10.2. The molecule has 0 saturated heterocycles. The predicted octanol–water partition coefficient (Wildman–Crippen LogP) is 1.72. The Morgan fingerprint density at radius 1 is 1.39 bits per heavy atom. The van der Waals surface area contributed by atoms with Crippen LogP contribution in [-0.2, 0) is 11.3 Å². The van der Waals surface area contributed by atoms with Gasteiger partial charge in [0.05, 0.1) is 0 Å². The van der Waals surface area contributed by atoms with Gasteiger partial charge in [-0.3, -0.25) is 4.79 Å². The molecular formula is C13H20N2O3. The maximum atomic E-state index is 11.6. The normalized spacial score (nSPS) is 10.7. The highest BCUT2D eigenvalue weighted by Gasteiger charge is 2.16. The number of carbonyl (C=O) groups excluding carboxylic acids is 1. The van der Waals surface area contributed by atoms with Gasteiger partial charge in [-0.2, -0.15) is 0 Å². The van der Waals surface area contributed by atoms with Crippen LogP contribution in [0.2, 0.25) is 0 Å². The molecule has 1 rings (SSSR count). The van der Waals surface area contributed by atoms with Gasteiger partial charge in [0, 0.05) is 24.7 Å². The monoisotopic (exact) mass is 252 g/mol. The largest absolute Gasteiger partial charge is 0.477 e. The Morgan fingerprint density at radius 3 is 2.50 bits per heavy atom. The molecule has 0 aliphatic carbocycles. The second kappa shape index (κ2) is 5.71. The van der Waals surface area contributed by atoms with Crippen LogP contribution in [0.5, 0.6) is 0 Å². The fraction of sp³-hybridized carbons (Fsp3) is 0.538. The molecule has 0 aliphatic rings. The van der Waals surface area contributed by atoms with Gasteiger partial charge in [0.15, 0.2) is 0 Å². The van der Waals surface area contributed by atoms with Gasteiger partial charge >= 0.3 is 5.97 Å². The summed E-state index contributed by atoms with van der Waals surface area (Å²) in [5.41, 5.74) is 1.86. The number of carbonyl (C=O) groups is 2. The summed E-state index contributed by atoms with van der Waals surface area (Å²) >= 11 is 0. The third kappa shape index (κ3) is 3.35. The van der Waals surface area contributed by atoms with E-state index in [9.17, 15) is 9.59 Å². The molecule has 5 heteroatoms. The molecule has 18 heavy (non-hydrogen) atoms. The minimum absolute atomic E-state index is 0.0629. The van der Waals surface area contributed by atoms with Crippen LogP contribution in [-0.4, -0.2) is 27.6 Å². The minimum Gasteiger partial charge on any atom is -0.477 e. The molecular weight excluding hydrogens is 232 g/mol. The smallest absolute Gasteiger partial charge is 0.352 e. The van der Waals surface area contributed by atoms with Crippen molar-refractivity contribution in [3.8, 4) is 0 Å². The first kappa shape index (κ1) is 14.3. The van der Waals surface area contributed by atoms with Crippen LogP contribution in [0.4, 0.5) is 0 Å². The average molecular weight is 252 g/mol. The fourth-order valence-corrected chi connectivity index (χ4v) is 2.03.